The van der Waals surface area contributed by atoms with Crippen molar-refractivity contribution in [3.05, 3.63) is 4.91 Å². The quantitative estimate of drug-likeness (QED) is 0.441. The summed E-state index contributed by atoms with van der Waals surface area (Å²) in [6.07, 6.45) is 2.29. The first kappa shape index (κ1) is 13.7. The second kappa shape index (κ2) is 7.05. The Labute approximate surface area is 104 Å². The number of amides is 3. The predicted molar refractivity (Wildman–Crippen MR) is 62.4 cm³/mol. The van der Waals surface area contributed by atoms with Crippen molar-refractivity contribution in [1.82, 2.24) is 15.6 Å². The first-order chi connectivity index (χ1) is 8.19. The second-order valence-corrected chi connectivity index (χ2v) is 4.06. The average molecular weight is 263 g/mol. The molecule has 17 heavy (non-hydrogen) atoms. The van der Waals surface area contributed by atoms with Gasteiger partial charge in [0.25, 0.3) is 0 Å². The largest absolute Gasteiger partial charge is 0.354 e. The van der Waals surface area contributed by atoms with Gasteiger partial charge < -0.3 is 10.6 Å². The van der Waals surface area contributed by atoms with Gasteiger partial charge in [-0.05, 0) is 19.3 Å². The summed E-state index contributed by atoms with van der Waals surface area (Å²) in [6.45, 7) is 0.633. The normalized spacial score (nSPS) is 20.1. The van der Waals surface area contributed by atoms with E-state index in [9.17, 15) is 14.5 Å². The molecule has 0 bridgehead atoms. The summed E-state index contributed by atoms with van der Waals surface area (Å²) in [6, 6.07) is -1.30. The Kier molecular flexibility index (Phi) is 5.68. The highest BCUT2D eigenvalue weighted by atomic mass is 35.5. The van der Waals surface area contributed by atoms with E-state index in [-0.39, 0.29) is 18.3 Å². The Bertz CT molecular complexity index is 300. The zero-order valence-corrected chi connectivity index (χ0v) is 10.1. The monoisotopic (exact) mass is 262 g/mol. The van der Waals surface area contributed by atoms with Gasteiger partial charge in [0, 0.05) is 12.4 Å². The minimum absolute atomic E-state index is 0.0191. The summed E-state index contributed by atoms with van der Waals surface area (Å²) in [5, 5.41) is 8.37. The third-order valence-electron chi connectivity index (χ3n) is 2.46. The van der Waals surface area contributed by atoms with Gasteiger partial charge in [-0.3, -0.25) is 4.79 Å². The molecule has 7 nitrogen and oxygen atoms in total. The van der Waals surface area contributed by atoms with Crippen LogP contribution in [0.25, 0.3) is 0 Å². The molecule has 3 amide bonds. The maximum atomic E-state index is 11.6. The van der Waals surface area contributed by atoms with E-state index in [2.05, 4.69) is 15.9 Å². The van der Waals surface area contributed by atoms with Crippen molar-refractivity contribution in [2.75, 3.05) is 19.0 Å². The van der Waals surface area contributed by atoms with Crippen LogP contribution < -0.4 is 10.6 Å². The Morgan fingerprint density at radius 1 is 1.59 bits per heavy atom. The average Bonchev–Trinajstić information content (AvgIpc) is 2.52. The van der Waals surface area contributed by atoms with Gasteiger partial charge >= 0.3 is 6.03 Å². The van der Waals surface area contributed by atoms with Crippen molar-refractivity contribution in [2.24, 2.45) is 5.29 Å². The van der Waals surface area contributed by atoms with Crippen LogP contribution in [0.5, 0.6) is 0 Å². The van der Waals surface area contributed by atoms with Gasteiger partial charge in [-0.25, -0.2) is 4.79 Å². The zero-order valence-electron chi connectivity index (χ0n) is 9.32. The molecular formula is C9H15ClN4O3. The minimum atomic E-state index is -0.692. The molecule has 1 heterocycles. The molecule has 1 aliphatic heterocycles. The molecule has 2 N–H and O–H groups in total. The fourth-order valence-corrected chi connectivity index (χ4v) is 1.72. The lowest BCUT2D eigenvalue weighted by Gasteiger charge is -2.18. The number of carbonyl (C=O) groups excluding carboxylic acids is 2. The number of nitrogens with one attached hydrogen (secondary N) is 2. The summed E-state index contributed by atoms with van der Waals surface area (Å²) in [7, 11) is 0. The van der Waals surface area contributed by atoms with Crippen LogP contribution in [0.1, 0.15) is 19.3 Å². The maximum absolute atomic E-state index is 11.6. The van der Waals surface area contributed by atoms with Crippen LogP contribution >= 0.6 is 11.6 Å². The van der Waals surface area contributed by atoms with E-state index in [1.807, 2.05) is 0 Å². The van der Waals surface area contributed by atoms with Crippen LogP contribution in [0.4, 0.5) is 4.79 Å². The molecule has 0 aliphatic carbocycles. The van der Waals surface area contributed by atoms with E-state index in [0.29, 0.717) is 18.0 Å². The topological polar surface area (TPSA) is 90.9 Å². The van der Waals surface area contributed by atoms with Gasteiger partial charge in [0.2, 0.25) is 5.91 Å². The zero-order chi connectivity index (χ0) is 12.7. The summed E-state index contributed by atoms with van der Waals surface area (Å²) < 4.78 is 0. The van der Waals surface area contributed by atoms with Crippen molar-refractivity contribution >= 4 is 23.5 Å². The molecular weight excluding hydrogens is 248 g/mol. The SMILES string of the molecule is O=NN(CCCl)C(=O)NC1CCCCNC1=O. The number of rotatable bonds is 4. The molecule has 0 aromatic rings. The van der Waals surface area contributed by atoms with Crippen molar-refractivity contribution in [3.8, 4) is 0 Å². The van der Waals surface area contributed by atoms with E-state index in [1.54, 1.807) is 0 Å². The number of nitrogens with zero attached hydrogens (tertiary/aromatic N) is 2. The van der Waals surface area contributed by atoms with Crippen LogP contribution in [0, 0.1) is 4.91 Å². The molecule has 1 aliphatic rings. The molecule has 0 aromatic carbocycles. The molecule has 1 atom stereocenters. The highest BCUT2D eigenvalue weighted by Gasteiger charge is 2.24. The predicted octanol–water partition coefficient (Wildman–Crippen LogP) is 0.587. The van der Waals surface area contributed by atoms with Gasteiger partial charge in [-0.1, -0.05) is 0 Å². The van der Waals surface area contributed by atoms with Crippen molar-refractivity contribution in [2.45, 2.75) is 25.3 Å². The summed E-state index contributed by atoms with van der Waals surface area (Å²) >= 11 is 5.42. The van der Waals surface area contributed by atoms with Crippen molar-refractivity contribution in [3.63, 3.8) is 0 Å². The molecule has 1 rings (SSSR count). The summed E-state index contributed by atoms with van der Waals surface area (Å²) in [5.41, 5.74) is 0. The lowest BCUT2D eigenvalue weighted by molar-refractivity contribution is -0.122. The lowest BCUT2D eigenvalue weighted by Crippen LogP contribution is -2.49. The molecule has 1 fully saturated rings. The molecule has 1 unspecified atom stereocenters. The van der Waals surface area contributed by atoms with Crippen LogP contribution in [0.2, 0.25) is 0 Å². The van der Waals surface area contributed by atoms with Crippen molar-refractivity contribution < 1.29 is 9.59 Å². The Hall–Kier alpha value is -1.37. The summed E-state index contributed by atoms with van der Waals surface area (Å²) in [4.78, 5) is 33.5. The molecule has 0 spiro atoms. The van der Waals surface area contributed by atoms with Crippen LogP contribution in [-0.4, -0.2) is 42.0 Å². The maximum Gasteiger partial charge on any atom is 0.341 e. The van der Waals surface area contributed by atoms with Gasteiger partial charge in [0.1, 0.15) is 6.04 Å². The van der Waals surface area contributed by atoms with Gasteiger partial charge in [0.05, 0.1) is 11.8 Å². The van der Waals surface area contributed by atoms with E-state index in [0.717, 1.165) is 12.8 Å². The highest BCUT2D eigenvalue weighted by Crippen LogP contribution is 2.06. The first-order valence-corrected chi connectivity index (χ1v) is 5.97. The number of urea groups is 1. The number of alkyl halides is 1. The number of hydrogen-bond donors (Lipinski definition) is 2. The van der Waals surface area contributed by atoms with Crippen LogP contribution in [0.15, 0.2) is 5.29 Å². The third-order valence-corrected chi connectivity index (χ3v) is 2.63. The molecule has 0 aromatic heterocycles. The number of hydrogen-bond acceptors (Lipinski definition) is 4. The minimum Gasteiger partial charge on any atom is -0.354 e. The van der Waals surface area contributed by atoms with E-state index < -0.39 is 12.1 Å². The van der Waals surface area contributed by atoms with E-state index in [4.69, 9.17) is 11.6 Å². The number of halogens is 1. The van der Waals surface area contributed by atoms with Gasteiger partial charge in [0.15, 0.2) is 0 Å². The molecule has 96 valence electrons. The second-order valence-electron chi connectivity index (χ2n) is 3.68. The lowest BCUT2D eigenvalue weighted by atomic mass is 10.1. The smallest absolute Gasteiger partial charge is 0.341 e. The Morgan fingerprint density at radius 2 is 2.35 bits per heavy atom. The number of carbonyl (C=O) groups is 2. The summed E-state index contributed by atoms with van der Waals surface area (Å²) in [5.74, 6) is -0.122. The standard InChI is InChI=1S/C9H15ClN4O3/c10-4-6-14(13-17)9(16)12-7-3-1-2-5-11-8(7)15/h7H,1-6H2,(H,11,15)(H,12,16). The highest BCUT2D eigenvalue weighted by molar-refractivity contribution is 6.18. The van der Waals surface area contributed by atoms with E-state index in [1.165, 1.54) is 0 Å². The Morgan fingerprint density at radius 3 is 3.00 bits per heavy atom. The van der Waals surface area contributed by atoms with E-state index >= 15 is 0 Å². The van der Waals surface area contributed by atoms with Gasteiger partial charge in [-0.2, -0.15) is 5.01 Å². The van der Waals surface area contributed by atoms with Crippen LogP contribution in [0.3, 0.4) is 0 Å². The van der Waals surface area contributed by atoms with Crippen molar-refractivity contribution in [1.29, 1.82) is 0 Å². The fraction of sp³-hybridized carbons (Fsp3) is 0.778. The fourth-order valence-electron chi connectivity index (χ4n) is 1.56. The first-order valence-electron chi connectivity index (χ1n) is 5.44. The molecule has 0 saturated carbocycles. The molecule has 1 saturated heterocycles. The Balaban J connectivity index is 2.53. The van der Waals surface area contributed by atoms with Gasteiger partial charge in [-0.15, -0.1) is 16.5 Å². The molecule has 0 radical (unpaired) electrons. The van der Waals surface area contributed by atoms with Crippen LogP contribution in [-0.2, 0) is 4.79 Å². The number of nitroso groups, excluding NO2 is 1. The molecule has 8 heteroatoms. The third kappa shape index (κ3) is 4.18.